The van der Waals surface area contributed by atoms with Gasteiger partial charge in [-0.3, -0.25) is 9.59 Å². The summed E-state index contributed by atoms with van der Waals surface area (Å²) < 4.78 is 9.66. The Kier molecular flexibility index (Phi) is 10.4. The predicted octanol–water partition coefficient (Wildman–Crippen LogP) is 7.68. The quantitative estimate of drug-likeness (QED) is 0.125. The van der Waals surface area contributed by atoms with Crippen LogP contribution >= 0.6 is 0 Å². The molecule has 60 heavy (non-hydrogen) atoms. The van der Waals surface area contributed by atoms with Crippen molar-refractivity contribution in [3.63, 3.8) is 0 Å². The van der Waals surface area contributed by atoms with Crippen LogP contribution in [0, 0.1) is 10.8 Å². The van der Waals surface area contributed by atoms with Gasteiger partial charge in [0.15, 0.2) is 0 Å². The fourth-order valence-corrected chi connectivity index (χ4v) is 8.78. The van der Waals surface area contributed by atoms with Crippen molar-refractivity contribution in [3.8, 4) is 11.3 Å². The van der Waals surface area contributed by atoms with E-state index in [1.807, 2.05) is 75.6 Å². The summed E-state index contributed by atoms with van der Waals surface area (Å²) in [6.07, 6.45) is 1.88. The Bertz CT molecular complexity index is 2470. The number of pyridine rings is 1. The maximum atomic E-state index is 13.9. The van der Waals surface area contributed by atoms with Gasteiger partial charge in [0, 0.05) is 29.4 Å². The minimum absolute atomic E-state index is 0.157. The molecular formula is C45H53N9O6. The van der Waals surface area contributed by atoms with Gasteiger partial charge in [0.1, 0.15) is 23.7 Å². The highest BCUT2D eigenvalue weighted by molar-refractivity contribution is 6.06. The number of nitrogens with one attached hydrogen (secondary N) is 4. The molecule has 6 aromatic rings. The number of H-pyrrole nitrogens is 2. The minimum atomic E-state index is -0.762. The van der Waals surface area contributed by atoms with Gasteiger partial charge in [-0.2, -0.15) is 0 Å². The van der Waals surface area contributed by atoms with Gasteiger partial charge in [0.2, 0.25) is 11.8 Å². The fraction of sp³-hybridized carbons (Fsp3) is 0.444. The van der Waals surface area contributed by atoms with Crippen LogP contribution < -0.4 is 10.6 Å². The summed E-state index contributed by atoms with van der Waals surface area (Å²) in [5, 5.41) is 8.46. The molecule has 0 bridgehead atoms. The number of methoxy groups -OCH3 is 2. The van der Waals surface area contributed by atoms with Crippen LogP contribution in [0.25, 0.3) is 55.0 Å². The van der Waals surface area contributed by atoms with E-state index < -0.39 is 35.1 Å². The maximum absolute atomic E-state index is 13.9. The topological polar surface area (TPSA) is 188 Å². The number of fused-ring (bicyclic) bond motifs is 6. The number of aromatic amines is 2. The first-order valence-corrected chi connectivity index (χ1v) is 20.6. The Morgan fingerprint density at radius 1 is 0.650 bits per heavy atom. The van der Waals surface area contributed by atoms with Crippen LogP contribution in [0.1, 0.15) is 91.0 Å². The number of benzene rings is 3. The highest BCUT2D eigenvalue weighted by atomic mass is 16.5. The minimum Gasteiger partial charge on any atom is -0.453 e. The monoisotopic (exact) mass is 815 g/mol. The van der Waals surface area contributed by atoms with Crippen molar-refractivity contribution < 1.29 is 28.7 Å². The molecule has 3 aromatic heterocycles. The average molecular weight is 816 g/mol. The van der Waals surface area contributed by atoms with Crippen LogP contribution in [0.2, 0.25) is 0 Å². The molecule has 4 atom stereocenters. The Labute approximate surface area is 348 Å². The molecule has 2 aliphatic rings. The number of amides is 4. The Balaban J connectivity index is 1.05. The van der Waals surface area contributed by atoms with E-state index in [1.54, 1.807) is 0 Å². The largest absolute Gasteiger partial charge is 0.453 e. The van der Waals surface area contributed by atoms with Gasteiger partial charge in [-0.25, -0.2) is 24.5 Å². The second-order valence-corrected chi connectivity index (χ2v) is 18.1. The lowest BCUT2D eigenvalue weighted by Gasteiger charge is -2.34. The first-order chi connectivity index (χ1) is 28.5. The number of rotatable bonds is 7. The number of ether oxygens (including phenoxy) is 2. The molecular weight excluding hydrogens is 763 g/mol. The van der Waals surface area contributed by atoms with Crippen LogP contribution in [0.5, 0.6) is 0 Å². The van der Waals surface area contributed by atoms with Crippen molar-refractivity contribution in [2.45, 2.75) is 91.4 Å². The van der Waals surface area contributed by atoms with Crippen LogP contribution in [-0.4, -0.2) is 98.1 Å². The SMILES string of the molecule is COC(=O)N[C@H](C(=O)N1CCC[C@H]1c1nc2ccc3cc(-c4ccc5c(ccc6nc([C@@H]7CCCN7C(=O)[C@@H](NC(=O)OC)C(C)(C)C)[nH]c65)n4)ccc3c2[nH]1)C(C)(C)C. The van der Waals surface area contributed by atoms with Crippen molar-refractivity contribution in [2.24, 2.45) is 10.8 Å². The summed E-state index contributed by atoms with van der Waals surface area (Å²) in [7, 11) is 2.59. The Morgan fingerprint density at radius 2 is 1.13 bits per heavy atom. The van der Waals surface area contributed by atoms with Crippen LogP contribution in [-0.2, 0) is 19.1 Å². The van der Waals surface area contributed by atoms with Gasteiger partial charge in [0.05, 0.1) is 59.6 Å². The summed E-state index contributed by atoms with van der Waals surface area (Å²) in [4.78, 5) is 77.9. The van der Waals surface area contributed by atoms with Crippen LogP contribution in [0.3, 0.4) is 0 Å². The molecule has 314 valence electrons. The lowest BCUT2D eigenvalue weighted by atomic mass is 9.85. The van der Waals surface area contributed by atoms with Crippen molar-refractivity contribution in [3.05, 3.63) is 66.2 Å². The zero-order chi connectivity index (χ0) is 42.7. The highest BCUT2D eigenvalue weighted by Gasteiger charge is 2.43. The molecule has 2 aliphatic heterocycles. The molecule has 3 aromatic carbocycles. The highest BCUT2D eigenvalue weighted by Crippen LogP contribution is 2.38. The van der Waals surface area contributed by atoms with Gasteiger partial charge in [-0.15, -0.1) is 0 Å². The van der Waals surface area contributed by atoms with Gasteiger partial charge in [-0.1, -0.05) is 59.7 Å². The lowest BCUT2D eigenvalue weighted by Crippen LogP contribution is -2.54. The second kappa shape index (κ2) is 15.4. The van der Waals surface area contributed by atoms with Crippen molar-refractivity contribution in [2.75, 3.05) is 27.3 Å². The van der Waals surface area contributed by atoms with E-state index in [-0.39, 0.29) is 23.9 Å². The van der Waals surface area contributed by atoms with Gasteiger partial charge >= 0.3 is 12.2 Å². The zero-order valence-corrected chi connectivity index (χ0v) is 35.4. The van der Waals surface area contributed by atoms with Crippen molar-refractivity contribution in [1.29, 1.82) is 0 Å². The molecule has 0 unspecified atom stereocenters. The predicted molar refractivity (Wildman–Crippen MR) is 229 cm³/mol. The Morgan fingerprint density at radius 3 is 1.65 bits per heavy atom. The zero-order valence-electron chi connectivity index (χ0n) is 35.4. The third-order valence-corrected chi connectivity index (χ3v) is 12.0. The van der Waals surface area contributed by atoms with E-state index in [0.29, 0.717) is 18.9 Å². The second-order valence-electron chi connectivity index (χ2n) is 18.1. The van der Waals surface area contributed by atoms with E-state index >= 15 is 0 Å². The van der Waals surface area contributed by atoms with E-state index in [9.17, 15) is 19.2 Å². The molecule has 2 saturated heterocycles. The molecule has 15 heteroatoms. The number of alkyl carbamates (subject to hydrolysis) is 2. The molecule has 4 N–H and O–H groups in total. The summed E-state index contributed by atoms with van der Waals surface area (Å²) in [5.41, 5.74) is 4.88. The third-order valence-electron chi connectivity index (χ3n) is 12.0. The van der Waals surface area contributed by atoms with Gasteiger partial charge in [0.25, 0.3) is 0 Å². The molecule has 15 nitrogen and oxygen atoms in total. The molecule has 0 spiro atoms. The smallest absolute Gasteiger partial charge is 0.407 e. The third kappa shape index (κ3) is 7.45. The molecule has 0 saturated carbocycles. The number of nitrogens with zero attached hydrogens (tertiary/aromatic N) is 5. The molecule has 8 rings (SSSR count). The van der Waals surface area contributed by atoms with Crippen LogP contribution in [0.4, 0.5) is 9.59 Å². The number of hydrogen-bond donors (Lipinski definition) is 4. The molecule has 0 radical (unpaired) electrons. The van der Waals surface area contributed by atoms with E-state index in [2.05, 4.69) is 50.9 Å². The van der Waals surface area contributed by atoms with Crippen molar-refractivity contribution in [1.82, 2.24) is 45.4 Å². The van der Waals surface area contributed by atoms with E-state index in [1.165, 1.54) is 14.2 Å². The number of aromatic nitrogens is 5. The number of imidazole rings is 2. The number of carbonyl (C=O) groups is 4. The maximum Gasteiger partial charge on any atom is 0.407 e. The summed E-state index contributed by atoms with van der Waals surface area (Å²) >= 11 is 0. The summed E-state index contributed by atoms with van der Waals surface area (Å²) in [5.74, 6) is 1.11. The average Bonchev–Trinajstić information content (AvgIpc) is 4.05. The fourth-order valence-electron chi connectivity index (χ4n) is 8.78. The Hall–Kier alpha value is -6.25. The van der Waals surface area contributed by atoms with E-state index in [0.717, 1.165) is 86.5 Å². The molecule has 0 aliphatic carbocycles. The number of hydrogen-bond acceptors (Lipinski definition) is 9. The lowest BCUT2D eigenvalue weighted by molar-refractivity contribution is -0.137. The molecule has 4 amide bonds. The summed E-state index contributed by atoms with van der Waals surface area (Å²) in [6.45, 7) is 12.7. The number of carbonyl (C=O) groups excluding carboxylic acids is 4. The molecule has 5 heterocycles. The standard InChI is InChI=1S/C45H53N9O6/c1-44(2,3)36(51-42(57)59-7)40(55)53-21-9-11-32(53)38-47-30-17-14-24-23-25(13-15-26(24)34(30)49-38)28-18-16-27-29(46-28)19-20-31-35(27)50-39(48-31)33-12-10-22-54(33)41(56)37(45(4,5)6)52-43(58)60-8/h13-20,23,32-33,36-37H,9-12,21-22H2,1-8H3,(H,47,49)(H,48,50)(H,51,57)(H,52,58)/t32-,33-,36+,37+/m0/s1. The first kappa shape index (κ1) is 40.5. The van der Waals surface area contributed by atoms with Crippen LogP contribution in [0.15, 0.2) is 54.6 Å². The summed E-state index contributed by atoms with van der Waals surface area (Å²) in [6, 6.07) is 16.3. The first-order valence-electron chi connectivity index (χ1n) is 20.6. The van der Waals surface area contributed by atoms with Crippen molar-refractivity contribution >= 4 is 67.7 Å². The number of likely N-dealkylation sites (tertiary alicyclic amines) is 2. The van der Waals surface area contributed by atoms with Gasteiger partial charge < -0.3 is 39.9 Å². The normalized spacial score (nSPS) is 18.3. The van der Waals surface area contributed by atoms with E-state index in [4.69, 9.17) is 24.4 Å². The van der Waals surface area contributed by atoms with Gasteiger partial charge in [-0.05, 0) is 78.3 Å². The molecule has 2 fully saturated rings.